The average molecular weight is 439 g/mol. The van der Waals surface area contributed by atoms with E-state index in [4.69, 9.17) is 4.74 Å². The molecule has 7 nitrogen and oxygen atoms in total. The third kappa shape index (κ3) is 6.47. The van der Waals surface area contributed by atoms with Crippen LogP contribution in [0.5, 0.6) is 0 Å². The van der Waals surface area contributed by atoms with Gasteiger partial charge in [-0.3, -0.25) is 4.79 Å². The van der Waals surface area contributed by atoms with Crippen LogP contribution in [0.15, 0.2) is 36.4 Å². The molecule has 2 aromatic carbocycles. The van der Waals surface area contributed by atoms with Gasteiger partial charge in [-0.2, -0.15) is 0 Å². The standard InChI is InChI=1S/C25H34N4O3/c1-18-8-10-22(19(2)16-18)28-25(31)27-20-9-11-23(29-13-5-4-6-14-29)21(17-20)24(30)26-12-7-15-32-3/h8-11,16-17H,4-7,12-15H2,1-3H3,(H,26,30)(H2,27,28,31). The molecule has 1 aliphatic rings. The molecule has 3 amide bonds. The molecule has 0 bridgehead atoms. The summed E-state index contributed by atoms with van der Waals surface area (Å²) in [6.07, 6.45) is 4.20. The lowest BCUT2D eigenvalue weighted by atomic mass is 10.1. The summed E-state index contributed by atoms with van der Waals surface area (Å²) in [6, 6.07) is 11.1. The van der Waals surface area contributed by atoms with Crippen molar-refractivity contribution in [3.05, 3.63) is 53.1 Å². The van der Waals surface area contributed by atoms with Crippen LogP contribution in [0.1, 0.15) is 47.2 Å². The molecule has 2 aromatic rings. The van der Waals surface area contributed by atoms with Crippen LogP contribution in [0, 0.1) is 13.8 Å². The van der Waals surface area contributed by atoms with E-state index in [1.54, 1.807) is 13.2 Å². The second-order valence-electron chi connectivity index (χ2n) is 8.28. The maximum absolute atomic E-state index is 13.0. The highest BCUT2D eigenvalue weighted by molar-refractivity contribution is 6.04. The summed E-state index contributed by atoms with van der Waals surface area (Å²) in [5, 5.41) is 8.72. The van der Waals surface area contributed by atoms with Crippen molar-refractivity contribution in [2.45, 2.75) is 39.5 Å². The molecule has 7 heteroatoms. The van der Waals surface area contributed by atoms with Crippen LogP contribution >= 0.6 is 0 Å². The number of amides is 3. The van der Waals surface area contributed by atoms with Crippen molar-refractivity contribution in [2.24, 2.45) is 0 Å². The first kappa shape index (κ1) is 23.6. The van der Waals surface area contributed by atoms with Gasteiger partial charge in [0.15, 0.2) is 0 Å². The summed E-state index contributed by atoms with van der Waals surface area (Å²) >= 11 is 0. The van der Waals surface area contributed by atoms with E-state index < -0.39 is 0 Å². The first-order chi connectivity index (χ1) is 15.5. The number of carbonyl (C=O) groups is 2. The first-order valence-electron chi connectivity index (χ1n) is 11.3. The van der Waals surface area contributed by atoms with Crippen LogP contribution in [-0.4, -0.2) is 45.3 Å². The number of methoxy groups -OCH3 is 1. The Kier molecular flexibility index (Phi) is 8.50. The van der Waals surface area contributed by atoms with Crippen LogP contribution in [-0.2, 0) is 4.74 Å². The molecule has 1 saturated heterocycles. The van der Waals surface area contributed by atoms with E-state index in [0.717, 1.165) is 54.9 Å². The topological polar surface area (TPSA) is 82.7 Å². The number of hydrogen-bond donors (Lipinski definition) is 3. The highest BCUT2D eigenvalue weighted by Crippen LogP contribution is 2.27. The number of hydrogen-bond acceptors (Lipinski definition) is 4. The van der Waals surface area contributed by atoms with Gasteiger partial charge in [0.1, 0.15) is 0 Å². The fourth-order valence-electron chi connectivity index (χ4n) is 3.96. The molecule has 1 heterocycles. The Bertz CT molecular complexity index is 939. The van der Waals surface area contributed by atoms with Gasteiger partial charge in [0, 0.05) is 50.4 Å². The summed E-state index contributed by atoms with van der Waals surface area (Å²) in [4.78, 5) is 27.8. The minimum Gasteiger partial charge on any atom is -0.385 e. The molecule has 1 aliphatic heterocycles. The van der Waals surface area contributed by atoms with Gasteiger partial charge in [0.05, 0.1) is 5.56 Å². The molecule has 32 heavy (non-hydrogen) atoms. The number of urea groups is 1. The Morgan fingerprint density at radius 2 is 1.78 bits per heavy atom. The van der Waals surface area contributed by atoms with Crippen molar-refractivity contribution < 1.29 is 14.3 Å². The maximum Gasteiger partial charge on any atom is 0.323 e. The summed E-state index contributed by atoms with van der Waals surface area (Å²) in [7, 11) is 1.65. The van der Waals surface area contributed by atoms with Crippen LogP contribution in [0.25, 0.3) is 0 Å². The Balaban J connectivity index is 1.75. The number of nitrogens with one attached hydrogen (secondary N) is 3. The van der Waals surface area contributed by atoms with Crippen molar-refractivity contribution in [1.29, 1.82) is 0 Å². The first-order valence-corrected chi connectivity index (χ1v) is 11.3. The molecule has 0 saturated carbocycles. The molecule has 1 fully saturated rings. The molecule has 172 valence electrons. The smallest absolute Gasteiger partial charge is 0.323 e. The zero-order valence-corrected chi connectivity index (χ0v) is 19.3. The van der Waals surface area contributed by atoms with Crippen molar-refractivity contribution in [3.8, 4) is 0 Å². The fraction of sp³-hybridized carbons (Fsp3) is 0.440. The predicted octanol–water partition coefficient (Wildman–Crippen LogP) is 4.70. The highest BCUT2D eigenvalue weighted by atomic mass is 16.5. The lowest BCUT2D eigenvalue weighted by molar-refractivity contribution is 0.0949. The monoisotopic (exact) mass is 438 g/mol. The lowest BCUT2D eigenvalue weighted by Crippen LogP contribution is -2.33. The van der Waals surface area contributed by atoms with E-state index in [-0.39, 0.29) is 11.9 Å². The molecule has 3 N–H and O–H groups in total. The Hall–Kier alpha value is -3.06. The van der Waals surface area contributed by atoms with E-state index >= 15 is 0 Å². The fourth-order valence-corrected chi connectivity index (χ4v) is 3.96. The van der Waals surface area contributed by atoms with Crippen LogP contribution in [0.3, 0.4) is 0 Å². The normalized spacial score (nSPS) is 13.5. The van der Waals surface area contributed by atoms with Gasteiger partial charge in [-0.15, -0.1) is 0 Å². The van der Waals surface area contributed by atoms with Crippen molar-refractivity contribution in [2.75, 3.05) is 48.9 Å². The Morgan fingerprint density at radius 1 is 1.00 bits per heavy atom. The molecule has 0 unspecified atom stereocenters. The third-order valence-electron chi connectivity index (χ3n) is 5.64. The van der Waals surface area contributed by atoms with Crippen molar-refractivity contribution in [3.63, 3.8) is 0 Å². The summed E-state index contributed by atoms with van der Waals surface area (Å²) < 4.78 is 5.06. The van der Waals surface area contributed by atoms with Gasteiger partial charge in [0.2, 0.25) is 0 Å². The number of anilines is 3. The number of ether oxygens (including phenoxy) is 1. The number of piperidine rings is 1. The van der Waals surface area contributed by atoms with E-state index in [0.29, 0.717) is 24.4 Å². The van der Waals surface area contributed by atoms with Gasteiger partial charge < -0.3 is 25.6 Å². The van der Waals surface area contributed by atoms with E-state index in [2.05, 4.69) is 20.9 Å². The van der Waals surface area contributed by atoms with E-state index in [1.165, 1.54) is 6.42 Å². The predicted molar refractivity (Wildman–Crippen MR) is 130 cm³/mol. The van der Waals surface area contributed by atoms with E-state index in [9.17, 15) is 9.59 Å². The minimum atomic E-state index is -0.339. The largest absolute Gasteiger partial charge is 0.385 e. The third-order valence-corrected chi connectivity index (χ3v) is 5.64. The molecular weight excluding hydrogens is 404 g/mol. The summed E-state index contributed by atoms with van der Waals surface area (Å²) in [5.41, 5.74) is 4.96. The average Bonchev–Trinajstić information content (AvgIpc) is 2.79. The van der Waals surface area contributed by atoms with Gasteiger partial charge in [-0.25, -0.2) is 4.79 Å². The minimum absolute atomic E-state index is 0.139. The molecule has 0 aromatic heterocycles. The highest BCUT2D eigenvalue weighted by Gasteiger charge is 2.19. The van der Waals surface area contributed by atoms with Crippen LogP contribution < -0.4 is 20.9 Å². The van der Waals surface area contributed by atoms with E-state index in [1.807, 2.05) is 44.2 Å². The van der Waals surface area contributed by atoms with Gasteiger partial charge >= 0.3 is 6.03 Å². The van der Waals surface area contributed by atoms with Crippen molar-refractivity contribution in [1.82, 2.24) is 5.32 Å². The second kappa shape index (κ2) is 11.5. The SMILES string of the molecule is COCCCNC(=O)c1cc(NC(=O)Nc2ccc(C)cc2C)ccc1N1CCCCC1. The maximum atomic E-state index is 13.0. The zero-order valence-electron chi connectivity index (χ0n) is 19.3. The lowest BCUT2D eigenvalue weighted by Gasteiger charge is -2.30. The number of carbonyl (C=O) groups excluding carboxylic acids is 2. The molecule has 0 radical (unpaired) electrons. The quantitative estimate of drug-likeness (QED) is 0.522. The van der Waals surface area contributed by atoms with Crippen LogP contribution in [0.2, 0.25) is 0 Å². The summed E-state index contributed by atoms with van der Waals surface area (Å²) in [5.74, 6) is -0.139. The van der Waals surface area contributed by atoms with Crippen molar-refractivity contribution >= 4 is 29.0 Å². The number of benzene rings is 2. The van der Waals surface area contributed by atoms with Gasteiger partial charge in [-0.1, -0.05) is 17.7 Å². The number of rotatable bonds is 8. The zero-order chi connectivity index (χ0) is 22.9. The molecule has 0 spiro atoms. The molecule has 0 atom stereocenters. The molecular formula is C25H34N4O3. The molecule has 3 rings (SSSR count). The molecule has 0 aliphatic carbocycles. The second-order valence-corrected chi connectivity index (χ2v) is 8.28. The Labute approximate surface area is 190 Å². The Morgan fingerprint density at radius 3 is 2.50 bits per heavy atom. The number of aryl methyl sites for hydroxylation is 2. The van der Waals surface area contributed by atoms with Crippen LogP contribution in [0.4, 0.5) is 21.9 Å². The van der Waals surface area contributed by atoms with Gasteiger partial charge in [0.25, 0.3) is 5.91 Å². The van der Waals surface area contributed by atoms with Gasteiger partial charge in [-0.05, 0) is 69.4 Å². The number of nitrogens with zero attached hydrogens (tertiary/aromatic N) is 1. The summed E-state index contributed by atoms with van der Waals surface area (Å²) in [6.45, 7) is 6.98.